The van der Waals surface area contributed by atoms with Crippen LogP contribution in [0.3, 0.4) is 0 Å². The predicted octanol–water partition coefficient (Wildman–Crippen LogP) is 4.19. The Bertz CT molecular complexity index is 677. The van der Waals surface area contributed by atoms with Crippen LogP contribution in [-0.4, -0.2) is 78.2 Å². The Morgan fingerprint density at radius 1 is 1.26 bits per heavy atom. The molecular formula is C23H41N3O4S. The number of hydrogen-bond donors (Lipinski definition) is 0. The third kappa shape index (κ3) is 8.50. The maximum absolute atomic E-state index is 12.7. The molecular weight excluding hydrogens is 414 g/mol. The van der Waals surface area contributed by atoms with Crippen LogP contribution in [0.2, 0.25) is 0 Å². The average Bonchev–Trinajstić information content (AvgIpc) is 3.26. The van der Waals surface area contributed by atoms with Gasteiger partial charge in [0.05, 0.1) is 29.4 Å². The van der Waals surface area contributed by atoms with E-state index in [2.05, 4.69) is 18.8 Å². The summed E-state index contributed by atoms with van der Waals surface area (Å²) in [6.07, 6.45) is 2.45. The first-order chi connectivity index (χ1) is 14.6. The fraction of sp³-hybridized carbons (Fsp3) is 0.783. The fourth-order valence-corrected chi connectivity index (χ4v) is 3.98. The minimum atomic E-state index is -0.301. The highest BCUT2D eigenvalue weighted by Gasteiger charge is 2.41. The van der Waals surface area contributed by atoms with E-state index in [1.54, 1.807) is 23.3 Å². The summed E-state index contributed by atoms with van der Waals surface area (Å²) >= 11 is 1.54. The molecule has 0 bridgehead atoms. The van der Waals surface area contributed by atoms with Crippen molar-refractivity contribution in [3.8, 4) is 0 Å². The van der Waals surface area contributed by atoms with E-state index < -0.39 is 0 Å². The molecule has 0 aliphatic carbocycles. The Morgan fingerprint density at radius 3 is 2.29 bits per heavy atom. The largest absolute Gasteiger partial charge is 0.379 e. The lowest BCUT2D eigenvalue weighted by Gasteiger charge is -2.46. The third-order valence-corrected chi connectivity index (χ3v) is 6.39. The summed E-state index contributed by atoms with van der Waals surface area (Å²) in [5.74, 6) is 0.332. The molecule has 8 heteroatoms. The quantitative estimate of drug-likeness (QED) is 0.639. The van der Waals surface area contributed by atoms with Crippen LogP contribution in [0.4, 0.5) is 0 Å². The molecule has 2 amide bonds. The van der Waals surface area contributed by atoms with E-state index in [0.717, 1.165) is 24.3 Å². The maximum Gasteiger partial charge on any atom is 0.273 e. The lowest BCUT2D eigenvalue weighted by atomic mass is 9.89. The van der Waals surface area contributed by atoms with Crippen molar-refractivity contribution < 1.29 is 19.1 Å². The van der Waals surface area contributed by atoms with Gasteiger partial charge in [-0.05, 0) is 33.6 Å². The van der Waals surface area contributed by atoms with Crippen LogP contribution < -0.4 is 0 Å². The van der Waals surface area contributed by atoms with Gasteiger partial charge in [-0.2, -0.15) is 0 Å². The number of morpholine rings is 1. The van der Waals surface area contributed by atoms with Crippen molar-refractivity contribution in [3.05, 3.63) is 16.1 Å². The normalized spacial score (nSPS) is 18.1. The first-order valence-corrected chi connectivity index (χ1v) is 12.1. The molecule has 2 saturated heterocycles. The van der Waals surface area contributed by atoms with Gasteiger partial charge in [0.25, 0.3) is 5.91 Å². The summed E-state index contributed by atoms with van der Waals surface area (Å²) in [7, 11) is 1.71. The molecule has 1 aromatic rings. The second kappa shape index (κ2) is 12.5. The molecule has 3 rings (SSSR count). The highest BCUT2D eigenvalue weighted by Crippen LogP contribution is 2.30. The number of likely N-dealkylation sites (tertiary alicyclic amines) is 1. The molecule has 1 spiro atoms. The van der Waals surface area contributed by atoms with Crippen LogP contribution in [0.5, 0.6) is 0 Å². The number of carbonyl (C=O) groups excluding carboxylic acids is 2. The van der Waals surface area contributed by atoms with Crippen LogP contribution in [0, 0.1) is 0 Å². The van der Waals surface area contributed by atoms with Crippen LogP contribution in [0.1, 0.15) is 82.7 Å². The van der Waals surface area contributed by atoms with Gasteiger partial charge in [-0.15, -0.1) is 11.3 Å². The lowest BCUT2D eigenvalue weighted by Crippen LogP contribution is -2.57. The van der Waals surface area contributed by atoms with E-state index in [-0.39, 0.29) is 17.1 Å². The molecule has 0 radical (unpaired) electrons. The summed E-state index contributed by atoms with van der Waals surface area (Å²) in [6, 6.07) is 0. The molecule has 0 aromatic carbocycles. The summed E-state index contributed by atoms with van der Waals surface area (Å²) in [6.45, 7) is 17.4. The number of aromatic nitrogens is 1. The molecule has 2 aliphatic rings. The van der Waals surface area contributed by atoms with E-state index in [0.29, 0.717) is 44.4 Å². The van der Waals surface area contributed by atoms with E-state index in [4.69, 9.17) is 9.47 Å². The zero-order valence-corrected chi connectivity index (χ0v) is 21.4. The molecule has 2 aliphatic heterocycles. The number of hydrogen-bond acceptors (Lipinski definition) is 6. The highest BCUT2D eigenvalue weighted by atomic mass is 32.1. The molecule has 0 unspecified atom stereocenters. The second-order valence-electron chi connectivity index (χ2n) is 8.94. The number of ether oxygens (including phenoxy) is 2. The molecule has 0 saturated carbocycles. The van der Waals surface area contributed by atoms with E-state index in [1.807, 2.05) is 44.9 Å². The topological polar surface area (TPSA) is 72.0 Å². The summed E-state index contributed by atoms with van der Waals surface area (Å²) in [4.78, 5) is 31.7. The maximum atomic E-state index is 12.7. The molecule has 1 aromatic heterocycles. The van der Waals surface area contributed by atoms with Crippen LogP contribution in [0.15, 0.2) is 5.38 Å². The van der Waals surface area contributed by atoms with Gasteiger partial charge >= 0.3 is 0 Å². The number of thiazole rings is 1. The average molecular weight is 456 g/mol. The van der Waals surface area contributed by atoms with E-state index in [1.165, 1.54) is 0 Å². The van der Waals surface area contributed by atoms with Crippen molar-refractivity contribution in [2.75, 3.05) is 39.9 Å². The molecule has 31 heavy (non-hydrogen) atoms. The Labute approximate surface area is 192 Å². The van der Waals surface area contributed by atoms with Crippen molar-refractivity contribution in [2.24, 2.45) is 0 Å². The summed E-state index contributed by atoms with van der Waals surface area (Å²) < 4.78 is 10.9. The van der Waals surface area contributed by atoms with Crippen molar-refractivity contribution >= 4 is 23.7 Å². The Kier molecular flexibility index (Phi) is 11.1. The third-order valence-electron chi connectivity index (χ3n) is 5.24. The van der Waals surface area contributed by atoms with E-state index >= 15 is 0 Å². The first-order valence-electron chi connectivity index (χ1n) is 11.2. The molecule has 2 fully saturated rings. The zero-order chi connectivity index (χ0) is 23.7. The van der Waals surface area contributed by atoms with Gasteiger partial charge in [-0.3, -0.25) is 9.59 Å². The van der Waals surface area contributed by atoms with Crippen molar-refractivity contribution in [1.82, 2.24) is 14.8 Å². The van der Waals surface area contributed by atoms with Crippen molar-refractivity contribution in [1.29, 1.82) is 0 Å². The van der Waals surface area contributed by atoms with Crippen LogP contribution in [0.25, 0.3) is 0 Å². The molecule has 0 N–H and O–H groups in total. The second-order valence-corrected chi connectivity index (χ2v) is 9.83. The molecule has 0 atom stereocenters. The van der Waals surface area contributed by atoms with Crippen molar-refractivity contribution in [2.45, 2.75) is 78.4 Å². The van der Waals surface area contributed by atoms with Gasteiger partial charge in [0.15, 0.2) is 0 Å². The Morgan fingerprint density at radius 2 is 1.84 bits per heavy atom. The van der Waals surface area contributed by atoms with E-state index in [9.17, 15) is 9.59 Å². The van der Waals surface area contributed by atoms with Gasteiger partial charge in [-0.25, -0.2) is 4.98 Å². The smallest absolute Gasteiger partial charge is 0.273 e. The minimum absolute atomic E-state index is 0.00589. The van der Waals surface area contributed by atoms with Gasteiger partial charge < -0.3 is 19.3 Å². The number of amides is 2. The van der Waals surface area contributed by atoms with Crippen molar-refractivity contribution in [3.63, 3.8) is 0 Å². The lowest BCUT2D eigenvalue weighted by molar-refractivity contribution is -0.138. The monoisotopic (exact) mass is 455 g/mol. The molecule has 178 valence electrons. The Hall–Kier alpha value is -1.51. The number of piperidine rings is 1. The number of nitrogens with zero attached hydrogens (tertiary/aromatic N) is 3. The SMILES string of the molecule is CC.CC(C)c1nc(C(=O)N2CCOC3(CCN(C=O)CC3)C2)cs1.COC(C)(C)C. The van der Waals surface area contributed by atoms with Crippen LogP contribution >= 0.6 is 11.3 Å². The predicted molar refractivity (Wildman–Crippen MR) is 126 cm³/mol. The summed E-state index contributed by atoms with van der Waals surface area (Å²) in [5.41, 5.74) is 0.283. The number of carbonyl (C=O) groups is 2. The summed E-state index contributed by atoms with van der Waals surface area (Å²) in [5, 5.41) is 2.85. The highest BCUT2D eigenvalue weighted by molar-refractivity contribution is 7.09. The number of rotatable bonds is 3. The van der Waals surface area contributed by atoms with Gasteiger partial charge in [0.1, 0.15) is 5.69 Å². The Balaban J connectivity index is 0.000000521. The van der Waals surface area contributed by atoms with Gasteiger partial charge in [-0.1, -0.05) is 27.7 Å². The fourth-order valence-electron chi connectivity index (χ4n) is 3.17. The van der Waals surface area contributed by atoms with Gasteiger partial charge in [0.2, 0.25) is 6.41 Å². The van der Waals surface area contributed by atoms with Gasteiger partial charge in [0, 0.05) is 38.0 Å². The molecule has 7 nitrogen and oxygen atoms in total. The van der Waals surface area contributed by atoms with Crippen LogP contribution in [-0.2, 0) is 14.3 Å². The number of methoxy groups -OCH3 is 1. The zero-order valence-electron chi connectivity index (χ0n) is 20.6. The minimum Gasteiger partial charge on any atom is -0.379 e. The standard InChI is InChI=1S/C16H23N3O3S.C5H12O.C2H6/c1-12(2)14-17-13(9-23-14)15(21)19-7-8-22-16(10-19)3-5-18(11-20)6-4-16;1-5(2,3)6-4;1-2/h9,11-12H,3-8,10H2,1-2H3;1-4H3;1-2H3. The molecule has 3 heterocycles. The first kappa shape index (κ1) is 27.5.